The Balaban J connectivity index is 2.59. The summed E-state index contributed by atoms with van der Waals surface area (Å²) in [5.41, 5.74) is 0. The van der Waals surface area contributed by atoms with Crippen molar-refractivity contribution in [2.24, 2.45) is 0 Å². The molecule has 1 atom stereocenters. The van der Waals surface area contributed by atoms with Crippen molar-refractivity contribution < 1.29 is 24.5 Å². The molecule has 1 unspecified atom stereocenters. The molecular formula is C9H15NO4P+2. The quantitative estimate of drug-likeness (QED) is 0.600. The average Bonchev–Trinajstić information content (AvgIpc) is 2.28. The molecule has 0 saturated carbocycles. The van der Waals surface area contributed by atoms with Gasteiger partial charge in [0.05, 0.1) is 9.52 Å². The monoisotopic (exact) mass is 232 g/mol. The fourth-order valence-electron chi connectivity index (χ4n) is 0.904. The van der Waals surface area contributed by atoms with Crippen LogP contribution >= 0.6 is 8.17 Å². The van der Waals surface area contributed by atoms with Crippen molar-refractivity contribution >= 4 is 8.17 Å². The summed E-state index contributed by atoms with van der Waals surface area (Å²) in [5.74, 6) is 3.52. The van der Waals surface area contributed by atoms with Crippen LogP contribution in [0.2, 0.25) is 0 Å². The molecule has 0 spiro atoms. The molecule has 0 fully saturated rings. The maximum Gasteiger partial charge on any atom is 0.709 e. The number of hydrogen-bond donors (Lipinski definition) is 1. The van der Waals surface area contributed by atoms with E-state index in [0.29, 0.717) is 12.4 Å². The molecule has 0 aliphatic heterocycles. The second-order valence-electron chi connectivity index (χ2n) is 2.81. The molecule has 3 N–H and O–H groups in total. The number of para-hydroxylation sites is 1. The smallest absolute Gasteiger partial charge is 0.256 e. The van der Waals surface area contributed by atoms with Crippen LogP contribution in [0.15, 0.2) is 30.3 Å². The van der Waals surface area contributed by atoms with E-state index < -0.39 is 8.17 Å². The topological polar surface area (TPSA) is 75.2 Å². The van der Waals surface area contributed by atoms with Crippen LogP contribution in [0.3, 0.4) is 0 Å². The molecule has 0 amide bonds. The van der Waals surface area contributed by atoms with E-state index >= 15 is 0 Å². The molecule has 6 heteroatoms. The zero-order chi connectivity index (χ0) is 11.1. The maximum atomic E-state index is 11.8. The second-order valence-corrected chi connectivity index (χ2v) is 4.41. The Morgan fingerprint density at radius 1 is 1.33 bits per heavy atom. The Morgan fingerprint density at radius 2 is 2.00 bits per heavy atom. The van der Waals surface area contributed by atoms with Crippen LogP contribution in [0.4, 0.5) is 0 Å². The van der Waals surface area contributed by atoms with E-state index in [0.717, 1.165) is 6.42 Å². The Kier molecular flexibility index (Phi) is 4.94. The standard InChI is InChI=1S/C9H15NO4P/c1-2-8-12-15(11,14-10)13-9-6-4-3-5-7-9/h3-7H,2,8H2,1,10H3/q+2. The summed E-state index contributed by atoms with van der Waals surface area (Å²) in [6, 6.07) is 8.70. The van der Waals surface area contributed by atoms with E-state index in [2.05, 4.69) is 10.5 Å². The van der Waals surface area contributed by atoms with Crippen molar-refractivity contribution in [3.63, 3.8) is 0 Å². The van der Waals surface area contributed by atoms with Crippen molar-refractivity contribution in [1.82, 2.24) is 0 Å². The van der Waals surface area contributed by atoms with Crippen LogP contribution in [0, 0.1) is 0 Å². The lowest BCUT2D eigenvalue weighted by Crippen LogP contribution is -2.49. The van der Waals surface area contributed by atoms with Gasteiger partial charge in [-0.2, -0.15) is 5.90 Å². The molecule has 5 nitrogen and oxygen atoms in total. The van der Waals surface area contributed by atoms with Crippen molar-refractivity contribution in [3.05, 3.63) is 30.3 Å². The van der Waals surface area contributed by atoms with E-state index in [1.54, 1.807) is 24.3 Å². The third-order valence-electron chi connectivity index (χ3n) is 1.57. The van der Waals surface area contributed by atoms with Gasteiger partial charge in [-0.15, -0.1) is 4.52 Å². The van der Waals surface area contributed by atoms with Gasteiger partial charge in [0, 0.05) is 0 Å². The average molecular weight is 232 g/mol. The fourth-order valence-corrected chi connectivity index (χ4v) is 1.87. The molecule has 0 aliphatic carbocycles. The highest BCUT2D eigenvalue weighted by Crippen LogP contribution is 2.56. The molecule has 1 aromatic carbocycles. The number of quaternary nitrogens is 1. The first-order valence-electron chi connectivity index (χ1n) is 4.63. The minimum absolute atomic E-state index is 0.305. The lowest BCUT2D eigenvalue weighted by Gasteiger charge is -2.07. The molecular weight excluding hydrogens is 217 g/mol. The van der Waals surface area contributed by atoms with E-state index in [-0.39, 0.29) is 0 Å². The van der Waals surface area contributed by atoms with Crippen LogP contribution in [-0.2, 0) is 14.0 Å². The maximum absolute atomic E-state index is 11.8. The minimum atomic E-state index is -3.55. The van der Waals surface area contributed by atoms with Gasteiger partial charge in [0.1, 0.15) is 6.61 Å². The van der Waals surface area contributed by atoms with Crippen molar-refractivity contribution in [2.75, 3.05) is 6.61 Å². The molecule has 15 heavy (non-hydrogen) atoms. The van der Waals surface area contributed by atoms with Crippen LogP contribution in [-0.4, -0.2) is 6.61 Å². The zero-order valence-corrected chi connectivity index (χ0v) is 9.48. The molecule has 0 bridgehead atoms. The third-order valence-corrected chi connectivity index (χ3v) is 2.82. The molecule has 1 aromatic rings. The first kappa shape index (κ1) is 12.4. The Hall–Kier alpha value is -0.710. The Labute approximate surface area is 89.4 Å². The highest BCUT2D eigenvalue weighted by atomic mass is 31.2. The first-order valence-corrected chi connectivity index (χ1v) is 6.09. The zero-order valence-electron chi connectivity index (χ0n) is 8.59. The summed E-state index contributed by atoms with van der Waals surface area (Å²) in [7, 11) is -3.55. The summed E-state index contributed by atoms with van der Waals surface area (Å²) in [6.45, 7) is 2.20. The second kappa shape index (κ2) is 6.00. The van der Waals surface area contributed by atoms with Crippen molar-refractivity contribution in [3.8, 4) is 5.75 Å². The molecule has 1 radical (unpaired) electrons. The number of benzene rings is 1. The summed E-state index contributed by atoms with van der Waals surface area (Å²) in [6.07, 6.45) is 0.728. The molecule has 0 heterocycles. The lowest BCUT2D eigenvalue weighted by atomic mass is 10.3. The predicted octanol–water partition coefficient (Wildman–Crippen LogP) is 1.77. The molecule has 1 rings (SSSR count). The summed E-state index contributed by atoms with van der Waals surface area (Å²) < 4.78 is 14.6. The largest absolute Gasteiger partial charge is 0.709 e. The van der Waals surface area contributed by atoms with Gasteiger partial charge < -0.3 is 0 Å². The van der Waals surface area contributed by atoms with Gasteiger partial charge in [-0.3, -0.25) is 4.52 Å². The minimum Gasteiger partial charge on any atom is -0.256 e. The molecule has 0 aromatic heterocycles. The Bertz CT molecular complexity index is 285. The van der Waals surface area contributed by atoms with E-state index in [9.17, 15) is 4.89 Å². The van der Waals surface area contributed by atoms with E-state index in [1.807, 2.05) is 13.0 Å². The third kappa shape index (κ3) is 4.11. The summed E-state index contributed by atoms with van der Waals surface area (Å²) >= 11 is 0. The highest BCUT2D eigenvalue weighted by Gasteiger charge is 2.52. The summed E-state index contributed by atoms with van der Waals surface area (Å²) in [4.78, 5) is 11.8. The van der Waals surface area contributed by atoms with Crippen molar-refractivity contribution in [2.45, 2.75) is 13.3 Å². The normalized spacial score (nSPS) is 14.6. The lowest BCUT2D eigenvalue weighted by molar-refractivity contribution is -0.646. The highest BCUT2D eigenvalue weighted by molar-refractivity contribution is 7.55. The van der Waals surface area contributed by atoms with Gasteiger partial charge in [0.25, 0.3) is 0 Å². The molecule has 83 valence electrons. The van der Waals surface area contributed by atoms with Crippen LogP contribution in [0.1, 0.15) is 13.3 Å². The number of rotatable bonds is 6. The van der Waals surface area contributed by atoms with E-state index in [1.165, 1.54) is 0 Å². The van der Waals surface area contributed by atoms with Gasteiger partial charge in [-0.25, -0.2) is 0 Å². The molecule has 0 aliphatic rings. The fraction of sp³-hybridized carbons (Fsp3) is 0.333. The van der Waals surface area contributed by atoms with Crippen LogP contribution in [0.25, 0.3) is 0 Å². The first-order chi connectivity index (χ1) is 7.20. The van der Waals surface area contributed by atoms with Gasteiger partial charge in [-0.05, 0) is 18.6 Å². The van der Waals surface area contributed by atoms with Gasteiger partial charge in [0.2, 0.25) is 0 Å². The van der Waals surface area contributed by atoms with Crippen LogP contribution < -0.4 is 10.4 Å². The summed E-state index contributed by atoms with van der Waals surface area (Å²) in [5, 5.41) is 0. The SMILES string of the molecule is CCCO[P+]([O])(O[NH3+])Oc1ccccc1. The van der Waals surface area contributed by atoms with Gasteiger partial charge >= 0.3 is 8.17 Å². The van der Waals surface area contributed by atoms with Crippen molar-refractivity contribution in [1.29, 1.82) is 0 Å². The Morgan fingerprint density at radius 3 is 2.53 bits per heavy atom. The predicted molar refractivity (Wildman–Crippen MR) is 54.9 cm³/mol. The molecule has 0 saturated heterocycles. The van der Waals surface area contributed by atoms with E-state index in [4.69, 9.17) is 9.05 Å². The van der Waals surface area contributed by atoms with Gasteiger partial charge in [0.15, 0.2) is 5.75 Å². The van der Waals surface area contributed by atoms with Crippen LogP contribution in [0.5, 0.6) is 5.75 Å². The number of hydrogen-bond acceptors (Lipinski definition) is 3. The van der Waals surface area contributed by atoms with Gasteiger partial charge in [-0.1, -0.05) is 25.1 Å².